The van der Waals surface area contributed by atoms with Gasteiger partial charge in [0.25, 0.3) is 5.56 Å². The number of nitrogens with one attached hydrogen (secondary N) is 1. The molecule has 0 atom stereocenters. The van der Waals surface area contributed by atoms with Gasteiger partial charge in [-0.1, -0.05) is 30.3 Å². The van der Waals surface area contributed by atoms with Crippen molar-refractivity contribution in [1.29, 1.82) is 5.26 Å². The summed E-state index contributed by atoms with van der Waals surface area (Å²) in [5.41, 5.74) is 0.933. The van der Waals surface area contributed by atoms with Gasteiger partial charge in [0.15, 0.2) is 5.56 Å². The molecule has 0 amide bonds. The average molecular weight is 268 g/mol. The summed E-state index contributed by atoms with van der Waals surface area (Å²) in [6.45, 7) is 0. The minimum atomic E-state index is -0.561. The van der Waals surface area contributed by atoms with Gasteiger partial charge in [-0.05, 0) is 5.56 Å². The van der Waals surface area contributed by atoms with Crippen LogP contribution in [0.3, 0.4) is 0 Å². The van der Waals surface area contributed by atoms with E-state index in [1.165, 1.54) is 11.3 Å². The monoisotopic (exact) mass is 268 g/mol. The molecule has 3 aromatic rings. The topological polar surface area (TPSA) is 76.9 Å². The highest BCUT2D eigenvalue weighted by atomic mass is 32.1. The van der Waals surface area contributed by atoms with Gasteiger partial charge in [-0.15, -0.1) is 11.3 Å². The van der Waals surface area contributed by atoms with Crippen molar-refractivity contribution in [1.82, 2.24) is 4.98 Å². The number of nitrogens with zero attached hydrogens (tertiary/aromatic N) is 1. The summed E-state index contributed by atoms with van der Waals surface area (Å²) in [5.74, 6) is -0.249. The van der Waals surface area contributed by atoms with Gasteiger partial charge in [-0.25, -0.2) is 0 Å². The third-order valence-corrected chi connectivity index (χ3v) is 3.81. The predicted octanol–water partition coefficient (Wildman–Crippen LogP) is 2.83. The Balaban J connectivity index is 2.42. The number of hydrogen-bond acceptors (Lipinski definition) is 4. The number of thiophene rings is 1. The van der Waals surface area contributed by atoms with Crippen LogP contribution in [0.4, 0.5) is 0 Å². The fraction of sp³-hybridized carbons (Fsp3) is 0. The number of H-pyrrole nitrogens is 1. The first kappa shape index (κ1) is 11.5. The van der Waals surface area contributed by atoms with Gasteiger partial charge >= 0.3 is 0 Å². The van der Waals surface area contributed by atoms with Crippen molar-refractivity contribution in [3.05, 3.63) is 51.6 Å². The molecule has 0 aliphatic rings. The highest BCUT2D eigenvalue weighted by Crippen LogP contribution is 2.38. The maximum Gasteiger partial charge on any atom is 0.270 e. The molecule has 0 aliphatic heterocycles. The predicted molar refractivity (Wildman–Crippen MR) is 74.3 cm³/mol. The first-order chi connectivity index (χ1) is 9.22. The molecule has 2 N–H and O–H groups in total. The zero-order valence-corrected chi connectivity index (χ0v) is 10.5. The zero-order chi connectivity index (χ0) is 13.4. The van der Waals surface area contributed by atoms with Crippen molar-refractivity contribution in [2.24, 2.45) is 0 Å². The Morgan fingerprint density at radius 2 is 2.00 bits per heavy atom. The van der Waals surface area contributed by atoms with E-state index in [0.29, 0.717) is 10.2 Å². The number of benzene rings is 1. The fourth-order valence-corrected chi connectivity index (χ4v) is 2.98. The zero-order valence-electron chi connectivity index (χ0n) is 9.68. The van der Waals surface area contributed by atoms with Gasteiger partial charge < -0.3 is 10.1 Å². The average Bonchev–Trinajstić information content (AvgIpc) is 2.84. The van der Waals surface area contributed by atoms with E-state index in [1.807, 2.05) is 35.7 Å². The Bertz CT molecular complexity index is 857. The highest BCUT2D eigenvalue weighted by Gasteiger charge is 2.16. The van der Waals surface area contributed by atoms with E-state index in [4.69, 9.17) is 5.26 Å². The maximum absolute atomic E-state index is 11.6. The molecule has 0 fully saturated rings. The molecule has 0 saturated carbocycles. The van der Waals surface area contributed by atoms with Crippen molar-refractivity contribution in [2.45, 2.75) is 0 Å². The van der Waals surface area contributed by atoms with Crippen LogP contribution in [0.15, 0.2) is 40.5 Å². The molecule has 4 nitrogen and oxygen atoms in total. The molecule has 2 aromatic heterocycles. The molecule has 0 unspecified atom stereocenters. The molecule has 5 heteroatoms. The molecule has 3 rings (SSSR count). The van der Waals surface area contributed by atoms with Crippen molar-refractivity contribution in [3.63, 3.8) is 0 Å². The summed E-state index contributed by atoms with van der Waals surface area (Å²) in [4.78, 5) is 14.8. The number of aromatic nitrogens is 1. The van der Waals surface area contributed by atoms with Crippen molar-refractivity contribution < 1.29 is 5.11 Å². The largest absolute Gasteiger partial charge is 0.506 e. The lowest BCUT2D eigenvalue weighted by Crippen LogP contribution is -2.09. The lowest BCUT2D eigenvalue weighted by atomic mass is 10.0. The number of rotatable bonds is 1. The van der Waals surface area contributed by atoms with Crippen LogP contribution in [0, 0.1) is 11.3 Å². The molecule has 92 valence electrons. The third-order valence-electron chi connectivity index (χ3n) is 2.92. The van der Waals surface area contributed by atoms with E-state index < -0.39 is 5.56 Å². The van der Waals surface area contributed by atoms with Crippen LogP contribution < -0.4 is 5.56 Å². The quantitative estimate of drug-likeness (QED) is 0.712. The molecule has 0 radical (unpaired) electrons. The molecule has 0 aliphatic carbocycles. The van der Waals surface area contributed by atoms with Crippen LogP contribution >= 0.6 is 11.3 Å². The fourth-order valence-electron chi connectivity index (χ4n) is 2.02. The second kappa shape index (κ2) is 4.26. The van der Waals surface area contributed by atoms with E-state index >= 15 is 0 Å². The first-order valence-corrected chi connectivity index (χ1v) is 6.42. The van der Waals surface area contributed by atoms with Crippen molar-refractivity contribution in [3.8, 4) is 22.9 Å². The number of pyridine rings is 1. The normalized spacial score (nSPS) is 10.5. The number of aromatic hydroxyl groups is 1. The molecule has 1 aromatic carbocycles. The van der Waals surface area contributed by atoms with Crippen molar-refractivity contribution in [2.75, 3.05) is 0 Å². The van der Waals surface area contributed by atoms with E-state index in [-0.39, 0.29) is 11.3 Å². The van der Waals surface area contributed by atoms with E-state index in [9.17, 15) is 9.90 Å². The summed E-state index contributed by atoms with van der Waals surface area (Å²) < 4.78 is 0. The lowest BCUT2D eigenvalue weighted by Gasteiger charge is -2.02. The number of aromatic amines is 1. The van der Waals surface area contributed by atoms with Gasteiger partial charge in [0.05, 0.1) is 5.39 Å². The second-order valence-electron chi connectivity index (χ2n) is 4.01. The van der Waals surface area contributed by atoms with Crippen LogP contribution in [-0.2, 0) is 0 Å². The Morgan fingerprint density at radius 3 is 2.68 bits per heavy atom. The summed E-state index contributed by atoms with van der Waals surface area (Å²) in [6, 6.07) is 11.3. The Kier molecular flexibility index (Phi) is 2.58. The summed E-state index contributed by atoms with van der Waals surface area (Å²) in [7, 11) is 0. The molecular weight excluding hydrogens is 260 g/mol. The van der Waals surface area contributed by atoms with E-state index in [2.05, 4.69) is 4.98 Å². The summed E-state index contributed by atoms with van der Waals surface area (Å²) in [6.07, 6.45) is 0. The standard InChI is InChI=1S/C14H8N2O2S/c15-6-9-12(17)11-10(8-4-2-1-3-5-8)7-19-14(11)16-13(9)18/h1-5,7H,(H2,16,17,18). The maximum atomic E-state index is 11.6. The van der Waals surface area contributed by atoms with Crippen LogP contribution in [-0.4, -0.2) is 10.1 Å². The molecule has 0 spiro atoms. The van der Waals surface area contributed by atoms with Gasteiger partial charge in [-0.2, -0.15) is 5.26 Å². The number of nitriles is 1. The van der Waals surface area contributed by atoms with E-state index in [0.717, 1.165) is 11.1 Å². The lowest BCUT2D eigenvalue weighted by molar-refractivity contribution is 0.479. The smallest absolute Gasteiger partial charge is 0.270 e. The number of fused-ring (bicyclic) bond motifs is 1. The summed E-state index contributed by atoms with van der Waals surface area (Å²) >= 11 is 1.33. The SMILES string of the molecule is N#Cc1c(O)c2c(-c3ccccc3)csc2[nH]c1=O. The van der Waals surface area contributed by atoms with Gasteiger partial charge in [0.1, 0.15) is 16.6 Å². The highest BCUT2D eigenvalue weighted by molar-refractivity contribution is 7.17. The summed E-state index contributed by atoms with van der Waals surface area (Å²) in [5, 5.41) is 21.4. The van der Waals surface area contributed by atoms with Crippen LogP contribution in [0.25, 0.3) is 21.3 Å². The Morgan fingerprint density at radius 1 is 1.26 bits per heavy atom. The van der Waals surface area contributed by atoms with Crippen LogP contribution in [0.5, 0.6) is 5.75 Å². The Hall–Kier alpha value is -2.58. The first-order valence-electron chi connectivity index (χ1n) is 5.54. The Labute approximate surface area is 112 Å². The molecular formula is C14H8N2O2S. The van der Waals surface area contributed by atoms with Crippen LogP contribution in [0.1, 0.15) is 5.56 Å². The van der Waals surface area contributed by atoms with E-state index in [1.54, 1.807) is 6.07 Å². The van der Waals surface area contributed by atoms with Crippen LogP contribution in [0.2, 0.25) is 0 Å². The molecule has 19 heavy (non-hydrogen) atoms. The van der Waals surface area contributed by atoms with Gasteiger partial charge in [-0.3, -0.25) is 4.79 Å². The van der Waals surface area contributed by atoms with Gasteiger partial charge in [0, 0.05) is 10.9 Å². The molecule has 0 bridgehead atoms. The minimum absolute atomic E-state index is 0.247. The number of hydrogen-bond donors (Lipinski definition) is 2. The second-order valence-corrected chi connectivity index (χ2v) is 4.89. The third kappa shape index (κ3) is 1.70. The molecule has 2 heterocycles. The minimum Gasteiger partial charge on any atom is -0.506 e. The van der Waals surface area contributed by atoms with Crippen molar-refractivity contribution >= 4 is 21.6 Å². The molecule has 0 saturated heterocycles. The van der Waals surface area contributed by atoms with Gasteiger partial charge in [0.2, 0.25) is 0 Å².